The van der Waals surface area contributed by atoms with Gasteiger partial charge in [-0.25, -0.2) is 12.9 Å². The molecule has 3 aromatic rings. The zero-order valence-electron chi connectivity index (χ0n) is 13.8. The molecule has 0 aliphatic carbocycles. The molecule has 0 fully saturated rings. The first-order chi connectivity index (χ1) is 11.8. The molecule has 0 saturated heterocycles. The van der Waals surface area contributed by atoms with Gasteiger partial charge in [0, 0.05) is 35.2 Å². The quantitative estimate of drug-likeness (QED) is 0.654. The molecule has 0 saturated carbocycles. The first-order valence-corrected chi connectivity index (χ1v) is 11.2. The fourth-order valence-corrected chi connectivity index (χ4v) is 3.28. The fraction of sp³-hybridized carbons (Fsp3) is 0.250. The van der Waals surface area contributed by atoms with E-state index in [1.54, 1.807) is 10.7 Å². The summed E-state index contributed by atoms with van der Waals surface area (Å²) in [5.74, 6) is 0.0736. The van der Waals surface area contributed by atoms with Gasteiger partial charge in [0.05, 0.1) is 23.2 Å². The highest BCUT2D eigenvalue weighted by molar-refractivity contribution is 7.90. The van der Waals surface area contributed by atoms with Crippen LogP contribution in [0, 0.1) is 0 Å². The molecule has 0 amide bonds. The summed E-state index contributed by atoms with van der Waals surface area (Å²) in [5.41, 5.74) is 3.39. The van der Waals surface area contributed by atoms with Crippen molar-refractivity contribution in [3.05, 3.63) is 42.6 Å². The molecule has 1 aromatic carbocycles. The number of nitrogens with one attached hydrogen (secondary N) is 1. The van der Waals surface area contributed by atoms with Crippen molar-refractivity contribution in [3.63, 3.8) is 0 Å². The number of hydrogen-bond acceptors (Lipinski definition) is 6. The number of fused-ring (bicyclic) bond motifs is 1. The van der Waals surface area contributed by atoms with Crippen LogP contribution >= 0.6 is 0 Å². The lowest BCUT2D eigenvalue weighted by Gasteiger charge is -2.09. The van der Waals surface area contributed by atoms with Crippen LogP contribution in [0.2, 0.25) is 0 Å². The zero-order valence-corrected chi connectivity index (χ0v) is 15.5. The van der Waals surface area contributed by atoms with Crippen LogP contribution in [0.1, 0.15) is 0 Å². The van der Waals surface area contributed by atoms with Gasteiger partial charge >= 0.3 is 5.16 Å². The summed E-state index contributed by atoms with van der Waals surface area (Å²) in [5, 5.41) is 7.72. The lowest BCUT2D eigenvalue weighted by Crippen LogP contribution is -2.14. The number of sulfone groups is 1. The van der Waals surface area contributed by atoms with Crippen LogP contribution in [-0.4, -0.2) is 52.4 Å². The first kappa shape index (κ1) is 17.7. The zero-order chi connectivity index (χ0) is 18.0. The largest absolute Gasteiger partial charge is 0.609 e. The molecule has 1 unspecified atom stereocenters. The first-order valence-electron chi connectivity index (χ1n) is 7.54. The van der Waals surface area contributed by atoms with Gasteiger partial charge in [0.25, 0.3) is 0 Å². The summed E-state index contributed by atoms with van der Waals surface area (Å²) in [6.07, 6.45) is 4.39. The third-order valence-electron chi connectivity index (χ3n) is 3.59. The van der Waals surface area contributed by atoms with E-state index < -0.39 is 21.0 Å². The molecule has 0 radical (unpaired) electrons. The Morgan fingerprint density at radius 2 is 2.08 bits per heavy atom. The van der Waals surface area contributed by atoms with E-state index >= 15 is 0 Å². The average molecular weight is 378 g/mol. The summed E-state index contributed by atoms with van der Waals surface area (Å²) in [4.78, 5) is 4.09. The maximum atomic E-state index is 11.6. The van der Waals surface area contributed by atoms with Gasteiger partial charge in [-0.1, -0.05) is 17.2 Å². The van der Waals surface area contributed by atoms with E-state index in [2.05, 4.69) is 15.4 Å². The third-order valence-corrected chi connectivity index (χ3v) is 5.24. The Labute approximate surface area is 149 Å². The Morgan fingerprint density at radius 1 is 1.28 bits per heavy atom. The van der Waals surface area contributed by atoms with Crippen molar-refractivity contribution in [1.29, 1.82) is 0 Å². The van der Waals surface area contributed by atoms with Gasteiger partial charge in [-0.3, -0.25) is 0 Å². The van der Waals surface area contributed by atoms with Gasteiger partial charge in [0.15, 0.2) is 0 Å². The van der Waals surface area contributed by atoms with Crippen molar-refractivity contribution in [2.24, 2.45) is 0 Å². The smallest absolute Gasteiger partial charge is 0.359 e. The Hall–Kier alpha value is -2.10. The third kappa shape index (κ3) is 4.30. The maximum absolute atomic E-state index is 11.6. The number of benzene rings is 1. The van der Waals surface area contributed by atoms with Crippen LogP contribution in [-0.2, 0) is 21.0 Å². The van der Waals surface area contributed by atoms with Crippen LogP contribution in [0.3, 0.4) is 0 Å². The minimum Gasteiger partial charge on any atom is -0.609 e. The number of rotatable bonds is 6. The number of anilines is 1. The highest BCUT2D eigenvalue weighted by Gasteiger charge is 2.13. The topological polar surface area (TPSA) is 99.4 Å². The molecule has 1 N–H and O–H groups in total. The Bertz CT molecular complexity index is 1000. The maximum Gasteiger partial charge on any atom is 0.359 e. The van der Waals surface area contributed by atoms with Crippen molar-refractivity contribution in [3.8, 4) is 11.3 Å². The predicted molar refractivity (Wildman–Crippen MR) is 99.0 cm³/mol. The number of nitrogens with zero attached hydrogens (tertiary/aromatic N) is 3. The van der Waals surface area contributed by atoms with Crippen LogP contribution in [0.4, 0.5) is 5.69 Å². The van der Waals surface area contributed by atoms with E-state index in [4.69, 9.17) is 0 Å². The van der Waals surface area contributed by atoms with E-state index in [-0.39, 0.29) is 10.9 Å². The van der Waals surface area contributed by atoms with E-state index in [0.717, 1.165) is 22.5 Å². The van der Waals surface area contributed by atoms with E-state index in [1.807, 2.05) is 36.4 Å². The second-order valence-corrected chi connectivity index (χ2v) is 9.22. The van der Waals surface area contributed by atoms with Crippen molar-refractivity contribution >= 4 is 32.2 Å². The van der Waals surface area contributed by atoms with Crippen LogP contribution in [0.15, 0.2) is 47.8 Å². The SMILES string of the molecule is C[S+]([O-])c1ncc2ccc(-c3cccc(NCCS(C)(=O)=O)c3)n2n1. The molecule has 0 aliphatic heterocycles. The molecule has 0 spiro atoms. The molecule has 9 heteroatoms. The molecule has 0 bridgehead atoms. The van der Waals surface area contributed by atoms with E-state index in [9.17, 15) is 13.0 Å². The average Bonchev–Trinajstić information content (AvgIpc) is 2.97. The highest BCUT2D eigenvalue weighted by atomic mass is 32.2. The summed E-state index contributed by atoms with van der Waals surface area (Å²) in [6.45, 7) is 0.346. The van der Waals surface area contributed by atoms with Gasteiger partial charge in [-0.05, 0) is 24.3 Å². The Balaban J connectivity index is 1.90. The Kier molecular flexibility index (Phi) is 4.98. The van der Waals surface area contributed by atoms with E-state index in [1.165, 1.54) is 12.5 Å². The van der Waals surface area contributed by atoms with Crippen LogP contribution in [0.25, 0.3) is 16.8 Å². The number of hydrogen-bond donors (Lipinski definition) is 1. The number of aromatic nitrogens is 3. The highest BCUT2D eigenvalue weighted by Crippen LogP contribution is 2.24. The van der Waals surface area contributed by atoms with Gasteiger partial charge in [-0.15, -0.1) is 0 Å². The minimum atomic E-state index is -3.00. The van der Waals surface area contributed by atoms with Gasteiger partial charge in [0.1, 0.15) is 16.1 Å². The van der Waals surface area contributed by atoms with Crippen molar-refractivity contribution < 1.29 is 13.0 Å². The molecule has 2 aromatic heterocycles. The fourth-order valence-electron chi connectivity index (χ4n) is 2.41. The molecule has 132 valence electrons. The standard InChI is InChI=1S/C16H18N4O3S2/c1-24(21)16-18-11-14-6-7-15(20(14)19-16)12-4-3-5-13(10-12)17-8-9-25(2,22)23/h3-7,10-11,17H,8-9H2,1-2H3. The summed E-state index contributed by atoms with van der Waals surface area (Å²) in [7, 11) is -3.00. The van der Waals surface area contributed by atoms with Crippen molar-refractivity contribution in [1.82, 2.24) is 14.6 Å². The molecule has 25 heavy (non-hydrogen) atoms. The van der Waals surface area contributed by atoms with Crippen molar-refractivity contribution in [2.75, 3.05) is 30.1 Å². The lowest BCUT2D eigenvalue weighted by molar-refractivity contribution is 0.586. The summed E-state index contributed by atoms with van der Waals surface area (Å²) in [6, 6.07) is 11.4. The monoisotopic (exact) mass is 378 g/mol. The molecule has 0 aliphatic rings. The van der Waals surface area contributed by atoms with Gasteiger partial charge in [-0.2, -0.15) is 4.98 Å². The minimum absolute atomic E-state index is 0.0736. The second kappa shape index (κ2) is 7.03. The van der Waals surface area contributed by atoms with Crippen LogP contribution in [0.5, 0.6) is 0 Å². The normalized spacial score (nSPS) is 13.1. The van der Waals surface area contributed by atoms with Crippen molar-refractivity contribution in [2.45, 2.75) is 5.16 Å². The molecule has 1 atom stereocenters. The van der Waals surface area contributed by atoms with Crippen LogP contribution < -0.4 is 5.32 Å². The van der Waals surface area contributed by atoms with Gasteiger partial charge < -0.3 is 9.87 Å². The summed E-state index contributed by atoms with van der Waals surface area (Å²) < 4.78 is 35.8. The summed E-state index contributed by atoms with van der Waals surface area (Å²) >= 11 is -1.26. The molecule has 3 rings (SSSR count). The van der Waals surface area contributed by atoms with E-state index in [0.29, 0.717) is 6.54 Å². The molecule has 7 nitrogen and oxygen atoms in total. The Morgan fingerprint density at radius 3 is 2.80 bits per heavy atom. The molecule has 2 heterocycles. The molecular formula is C16H18N4O3S2. The predicted octanol–water partition coefficient (Wildman–Crippen LogP) is 1.59. The molecular weight excluding hydrogens is 360 g/mol. The lowest BCUT2D eigenvalue weighted by atomic mass is 10.1. The second-order valence-electron chi connectivity index (χ2n) is 5.69. The van der Waals surface area contributed by atoms with Gasteiger partial charge in [0.2, 0.25) is 0 Å².